The number of nitrogens with one attached hydrogen (secondary N) is 2. The molecule has 23 heavy (non-hydrogen) atoms. The standard InChI is InChI=1S/C19H23ClN2O/c1-23-17-11-14(10-16(20)12-17)13-22-18-8-5-9-21-19(18)15-6-3-2-4-7-15/h2-4,6-7,10-12,18-19,21-22H,5,8-9,13H2,1H3/t18-,19-/m1/s1. The highest BCUT2D eigenvalue weighted by atomic mass is 35.5. The maximum atomic E-state index is 6.15. The molecule has 1 aliphatic heterocycles. The Morgan fingerprint density at radius 2 is 2.04 bits per heavy atom. The molecule has 0 aromatic heterocycles. The van der Waals surface area contributed by atoms with Crippen LogP contribution in [0.15, 0.2) is 48.5 Å². The van der Waals surface area contributed by atoms with Gasteiger partial charge in [0.15, 0.2) is 0 Å². The van der Waals surface area contributed by atoms with Gasteiger partial charge < -0.3 is 15.4 Å². The van der Waals surface area contributed by atoms with Crippen molar-refractivity contribution in [3.05, 3.63) is 64.7 Å². The van der Waals surface area contributed by atoms with Gasteiger partial charge in [-0.3, -0.25) is 0 Å². The highest BCUT2D eigenvalue weighted by molar-refractivity contribution is 6.30. The van der Waals surface area contributed by atoms with Crippen LogP contribution in [-0.2, 0) is 6.54 Å². The minimum Gasteiger partial charge on any atom is -0.497 e. The Kier molecular flexibility index (Phi) is 5.55. The van der Waals surface area contributed by atoms with E-state index in [1.165, 1.54) is 18.4 Å². The summed E-state index contributed by atoms with van der Waals surface area (Å²) in [6.45, 7) is 1.86. The number of hydrogen-bond donors (Lipinski definition) is 2. The van der Waals surface area contributed by atoms with Crippen molar-refractivity contribution in [2.75, 3.05) is 13.7 Å². The number of benzene rings is 2. The first-order valence-corrected chi connectivity index (χ1v) is 8.49. The highest BCUT2D eigenvalue weighted by Gasteiger charge is 2.25. The third-order valence-corrected chi connectivity index (χ3v) is 4.57. The Hall–Kier alpha value is -1.55. The molecule has 122 valence electrons. The molecule has 0 spiro atoms. The summed E-state index contributed by atoms with van der Waals surface area (Å²) < 4.78 is 5.29. The molecule has 0 radical (unpaired) electrons. The molecule has 1 heterocycles. The van der Waals surface area contributed by atoms with Gasteiger partial charge in [-0.05, 0) is 48.7 Å². The molecule has 2 aromatic rings. The average Bonchev–Trinajstić information content (AvgIpc) is 2.60. The third-order valence-electron chi connectivity index (χ3n) is 4.35. The second-order valence-corrected chi connectivity index (χ2v) is 6.41. The molecule has 1 fully saturated rings. The van der Waals surface area contributed by atoms with E-state index in [1.807, 2.05) is 18.2 Å². The molecule has 0 aliphatic carbocycles. The minimum absolute atomic E-state index is 0.353. The molecule has 0 amide bonds. The van der Waals surface area contributed by atoms with Crippen LogP contribution in [0.5, 0.6) is 5.75 Å². The van der Waals surface area contributed by atoms with Gasteiger partial charge in [-0.25, -0.2) is 0 Å². The van der Waals surface area contributed by atoms with Crippen molar-refractivity contribution >= 4 is 11.6 Å². The molecule has 2 N–H and O–H groups in total. The van der Waals surface area contributed by atoms with E-state index in [-0.39, 0.29) is 0 Å². The lowest BCUT2D eigenvalue weighted by atomic mass is 9.92. The van der Waals surface area contributed by atoms with E-state index < -0.39 is 0 Å². The fraction of sp³-hybridized carbons (Fsp3) is 0.368. The van der Waals surface area contributed by atoms with E-state index in [0.29, 0.717) is 17.1 Å². The van der Waals surface area contributed by atoms with Gasteiger partial charge >= 0.3 is 0 Å². The summed E-state index contributed by atoms with van der Waals surface area (Å²) in [6, 6.07) is 17.3. The Bertz CT molecular complexity index is 633. The van der Waals surface area contributed by atoms with Crippen LogP contribution >= 0.6 is 11.6 Å². The first-order chi connectivity index (χ1) is 11.3. The van der Waals surface area contributed by atoms with Gasteiger partial charge in [0, 0.05) is 23.7 Å². The Balaban J connectivity index is 1.69. The van der Waals surface area contributed by atoms with E-state index in [9.17, 15) is 0 Å². The fourth-order valence-corrected chi connectivity index (χ4v) is 3.46. The Morgan fingerprint density at radius 1 is 1.22 bits per heavy atom. The van der Waals surface area contributed by atoms with E-state index in [2.05, 4.69) is 41.0 Å². The molecule has 0 bridgehead atoms. The molecule has 0 saturated carbocycles. The van der Waals surface area contributed by atoms with Gasteiger partial charge in [0.25, 0.3) is 0 Å². The minimum atomic E-state index is 0.353. The zero-order chi connectivity index (χ0) is 16.1. The van der Waals surface area contributed by atoms with Crippen LogP contribution in [0.4, 0.5) is 0 Å². The van der Waals surface area contributed by atoms with E-state index in [0.717, 1.165) is 24.4 Å². The zero-order valence-electron chi connectivity index (χ0n) is 13.4. The van der Waals surface area contributed by atoms with Crippen molar-refractivity contribution in [2.45, 2.75) is 31.5 Å². The molecule has 1 saturated heterocycles. The van der Waals surface area contributed by atoms with Gasteiger partial charge in [-0.1, -0.05) is 41.9 Å². The smallest absolute Gasteiger partial charge is 0.120 e. The van der Waals surface area contributed by atoms with Crippen molar-refractivity contribution in [2.24, 2.45) is 0 Å². The van der Waals surface area contributed by atoms with Gasteiger partial charge in [0.2, 0.25) is 0 Å². The largest absolute Gasteiger partial charge is 0.497 e. The van der Waals surface area contributed by atoms with Gasteiger partial charge in [-0.2, -0.15) is 0 Å². The molecule has 1 aliphatic rings. The van der Waals surface area contributed by atoms with Crippen molar-refractivity contribution in [1.29, 1.82) is 0 Å². The van der Waals surface area contributed by atoms with E-state index >= 15 is 0 Å². The first kappa shape index (κ1) is 16.3. The van der Waals surface area contributed by atoms with Gasteiger partial charge in [0.05, 0.1) is 7.11 Å². The van der Waals surface area contributed by atoms with Gasteiger partial charge in [-0.15, -0.1) is 0 Å². The number of ether oxygens (including phenoxy) is 1. The Morgan fingerprint density at radius 3 is 2.83 bits per heavy atom. The molecule has 3 rings (SSSR count). The normalized spacial score (nSPS) is 21.1. The van der Waals surface area contributed by atoms with Crippen molar-refractivity contribution in [3.63, 3.8) is 0 Å². The third kappa shape index (κ3) is 4.25. The van der Waals surface area contributed by atoms with Crippen LogP contribution in [-0.4, -0.2) is 19.7 Å². The predicted molar refractivity (Wildman–Crippen MR) is 95.1 cm³/mol. The average molecular weight is 331 g/mol. The zero-order valence-corrected chi connectivity index (χ0v) is 14.1. The molecular weight excluding hydrogens is 308 g/mol. The van der Waals surface area contributed by atoms with Crippen molar-refractivity contribution in [1.82, 2.24) is 10.6 Å². The van der Waals surface area contributed by atoms with Crippen LogP contribution in [0.3, 0.4) is 0 Å². The first-order valence-electron chi connectivity index (χ1n) is 8.11. The summed E-state index contributed by atoms with van der Waals surface area (Å²) in [7, 11) is 1.67. The number of piperidine rings is 1. The summed E-state index contributed by atoms with van der Waals surface area (Å²) in [6.07, 6.45) is 2.37. The maximum absolute atomic E-state index is 6.15. The highest BCUT2D eigenvalue weighted by Crippen LogP contribution is 2.25. The Labute approximate surface area is 143 Å². The summed E-state index contributed by atoms with van der Waals surface area (Å²) in [5.41, 5.74) is 2.49. The monoisotopic (exact) mass is 330 g/mol. The number of methoxy groups -OCH3 is 1. The molecule has 2 atom stereocenters. The second kappa shape index (κ2) is 7.82. The number of rotatable bonds is 5. The molecule has 2 aromatic carbocycles. The second-order valence-electron chi connectivity index (χ2n) is 5.97. The lowest BCUT2D eigenvalue weighted by molar-refractivity contribution is 0.304. The summed E-state index contributed by atoms with van der Waals surface area (Å²) in [4.78, 5) is 0. The lowest BCUT2D eigenvalue weighted by Gasteiger charge is -2.34. The topological polar surface area (TPSA) is 33.3 Å². The van der Waals surface area contributed by atoms with Crippen LogP contribution in [0.1, 0.15) is 30.0 Å². The van der Waals surface area contributed by atoms with Crippen LogP contribution in [0.2, 0.25) is 5.02 Å². The van der Waals surface area contributed by atoms with Crippen molar-refractivity contribution in [3.8, 4) is 5.75 Å². The van der Waals surface area contributed by atoms with Crippen LogP contribution < -0.4 is 15.4 Å². The SMILES string of the molecule is COc1cc(Cl)cc(CN[C@@H]2CCCN[C@@H]2c2ccccc2)c1. The van der Waals surface area contributed by atoms with E-state index in [4.69, 9.17) is 16.3 Å². The molecule has 4 heteroatoms. The van der Waals surface area contributed by atoms with Gasteiger partial charge in [0.1, 0.15) is 5.75 Å². The number of hydrogen-bond acceptors (Lipinski definition) is 3. The molecule has 0 unspecified atom stereocenters. The quantitative estimate of drug-likeness (QED) is 0.871. The fourth-order valence-electron chi connectivity index (χ4n) is 3.21. The molecule has 3 nitrogen and oxygen atoms in total. The van der Waals surface area contributed by atoms with Crippen molar-refractivity contribution < 1.29 is 4.74 Å². The van der Waals surface area contributed by atoms with Crippen LogP contribution in [0.25, 0.3) is 0 Å². The van der Waals surface area contributed by atoms with E-state index in [1.54, 1.807) is 7.11 Å². The molecular formula is C19H23ClN2O. The maximum Gasteiger partial charge on any atom is 0.120 e. The summed E-state index contributed by atoms with van der Waals surface area (Å²) >= 11 is 6.15. The van der Waals surface area contributed by atoms with Crippen LogP contribution in [0, 0.1) is 0 Å². The summed E-state index contributed by atoms with van der Waals surface area (Å²) in [5, 5.41) is 8.04. The summed E-state index contributed by atoms with van der Waals surface area (Å²) in [5.74, 6) is 0.802. The number of halogens is 1. The lowest BCUT2D eigenvalue weighted by Crippen LogP contribution is -2.45. The predicted octanol–water partition coefficient (Wildman–Crippen LogP) is 3.93.